The summed E-state index contributed by atoms with van der Waals surface area (Å²) in [4.78, 5) is 37.9. The lowest BCUT2D eigenvalue weighted by Gasteiger charge is -2.07. The predicted octanol–water partition coefficient (Wildman–Crippen LogP) is 2.06. The number of fused-ring (bicyclic) bond motifs is 1. The molecule has 2 heterocycles. The van der Waals surface area contributed by atoms with E-state index < -0.39 is 11.8 Å². The van der Waals surface area contributed by atoms with Gasteiger partial charge in [-0.05, 0) is 37.3 Å². The van der Waals surface area contributed by atoms with E-state index in [2.05, 4.69) is 15.6 Å². The number of ether oxygens (including phenoxy) is 1. The van der Waals surface area contributed by atoms with Crippen molar-refractivity contribution < 1.29 is 19.1 Å². The standard InChI is InChI=1S/C20H17N5O4/c1-11-17(22-23-25(11)13-5-4-6-14(10-13)29-3)18(26)21-12-7-8-15-16(9-12)20(28)24(2)19(15)27/h4-10H,1-3H3,(H,21,26). The minimum absolute atomic E-state index is 0.146. The van der Waals surface area contributed by atoms with E-state index in [1.807, 2.05) is 12.1 Å². The molecule has 29 heavy (non-hydrogen) atoms. The highest BCUT2D eigenvalue weighted by Crippen LogP contribution is 2.25. The maximum Gasteiger partial charge on any atom is 0.278 e. The maximum atomic E-state index is 12.7. The number of carbonyl (C=O) groups is 3. The summed E-state index contributed by atoms with van der Waals surface area (Å²) < 4.78 is 6.75. The molecule has 0 aliphatic carbocycles. The summed E-state index contributed by atoms with van der Waals surface area (Å²) in [5.41, 5.74) is 2.36. The van der Waals surface area contributed by atoms with Crippen LogP contribution in [0.4, 0.5) is 5.69 Å². The number of methoxy groups -OCH3 is 1. The SMILES string of the molecule is COc1cccc(-n2nnc(C(=O)Nc3ccc4c(c3)C(=O)N(C)C4=O)c2C)c1. The molecule has 1 N–H and O–H groups in total. The Morgan fingerprint density at radius 3 is 2.59 bits per heavy atom. The van der Waals surface area contributed by atoms with Crippen LogP contribution in [0, 0.1) is 6.92 Å². The van der Waals surface area contributed by atoms with Crippen molar-refractivity contribution in [2.24, 2.45) is 0 Å². The first kappa shape index (κ1) is 18.4. The second-order valence-corrected chi connectivity index (χ2v) is 6.52. The van der Waals surface area contributed by atoms with E-state index in [0.29, 0.717) is 28.4 Å². The van der Waals surface area contributed by atoms with Gasteiger partial charge in [-0.15, -0.1) is 5.10 Å². The molecule has 0 atom stereocenters. The number of hydrogen-bond acceptors (Lipinski definition) is 6. The summed E-state index contributed by atoms with van der Waals surface area (Å²) >= 11 is 0. The molecular formula is C20H17N5O4. The summed E-state index contributed by atoms with van der Waals surface area (Å²) in [6.07, 6.45) is 0. The van der Waals surface area contributed by atoms with Crippen LogP contribution >= 0.6 is 0 Å². The lowest BCUT2D eigenvalue weighted by Crippen LogP contribution is -2.24. The minimum Gasteiger partial charge on any atom is -0.497 e. The number of benzene rings is 2. The Kier molecular flexibility index (Phi) is 4.34. The van der Waals surface area contributed by atoms with E-state index in [4.69, 9.17) is 4.74 Å². The lowest BCUT2D eigenvalue weighted by molar-refractivity contribution is 0.0692. The van der Waals surface area contributed by atoms with Crippen molar-refractivity contribution in [1.82, 2.24) is 19.9 Å². The highest BCUT2D eigenvalue weighted by Gasteiger charge is 2.33. The average molecular weight is 391 g/mol. The van der Waals surface area contributed by atoms with Crippen molar-refractivity contribution in [1.29, 1.82) is 0 Å². The zero-order valence-corrected chi connectivity index (χ0v) is 16.0. The third-order valence-electron chi connectivity index (χ3n) is 4.76. The fraction of sp³-hybridized carbons (Fsp3) is 0.150. The van der Waals surface area contributed by atoms with Gasteiger partial charge in [0.2, 0.25) is 0 Å². The molecule has 0 radical (unpaired) electrons. The second-order valence-electron chi connectivity index (χ2n) is 6.52. The van der Waals surface area contributed by atoms with Gasteiger partial charge in [-0.3, -0.25) is 19.3 Å². The van der Waals surface area contributed by atoms with Crippen molar-refractivity contribution in [3.63, 3.8) is 0 Å². The van der Waals surface area contributed by atoms with Gasteiger partial charge in [-0.25, -0.2) is 4.68 Å². The van der Waals surface area contributed by atoms with Crippen LogP contribution in [0.3, 0.4) is 0 Å². The van der Waals surface area contributed by atoms with E-state index in [0.717, 1.165) is 4.90 Å². The van der Waals surface area contributed by atoms with Gasteiger partial charge in [-0.2, -0.15) is 0 Å². The Labute approximate surface area is 165 Å². The molecule has 0 unspecified atom stereocenters. The molecular weight excluding hydrogens is 374 g/mol. The molecule has 9 heteroatoms. The number of hydrogen-bond donors (Lipinski definition) is 1. The fourth-order valence-corrected chi connectivity index (χ4v) is 3.16. The number of carbonyl (C=O) groups excluding carboxylic acids is 3. The van der Waals surface area contributed by atoms with E-state index in [1.165, 1.54) is 23.9 Å². The van der Waals surface area contributed by atoms with Crippen molar-refractivity contribution in [2.75, 3.05) is 19.5 Å². The molecule has 0 saturated heterocycles. The van der Waals surface area contributed by atoms with Gasteiger partial charge in [0, 0.05) is 18.8 Å². The van der Waals surface area contributed by atoms with Gasteiger partial charge in [0.05, 0.1) is 29.6 Å². The van der Waals surface area contributed by atoms with Crippen molar-refractivity contribution in [3.8, 4) is 11.4 Å². The first-order valence-corrected chi connectivity index (χ1v) is 8.75. The molecule has 1 aliphatic heterocycles. The Hall–Kier alpha value is -4.01. The Bertz CT molecular complexity index is 1170. The van der Waals surface area contributed by atoms with Crippen LogP contribution in [0.2, 0.25) is 0 Å². The maximum absolute atomic E-state index is 12.7. The molecule has 1 aromatic heterocycles. The Morgan fingerprint density at radius 2 is 1.83 bits per heavy atom. The number of anilines is 1. The van der Waals surface area contributed by atoms with Gasteiger partial charge in [0.15, 0.2) is 5.69 Å². The van der Waals surface area contributed by atoms with Gasteiger partial charge < -0.3 is 10.1 Å². The molecule has 9 nitrogen and oxygen atoms in total. The molecule has 0 fully saturated rings. The smallest absolute Gasteiger partial charge is 0.278 e. The Morgan fingerprint density at radius 1 is 1.07 bits per heavy atom. The van der Waals surface area contributed by atoms with Crippen molar-refractivity contribution >= 4 is 23.4 Å². The van der Waals surface area contributed by atoms with Gasteiger partial charge in [-0.1, -0.05) is 11.3 Å². The van der Waals surface area contributed by atoms with Crippen LogP contribution in [0.5, 0.6) is 5.75 Å². The van der Waals surface area contributed by atoms with Crippen LogP contribution in [-0.2, 0) is 0 Å². The number of amides is 3. The molecule has 0 spiro atoms. The highest BCUT2D eigenvalue weighted by molar-refractivity contribution is 6.21. The van der Waals surface area contributed by atoms with Crippen LogP contribution in [0.15, 0.2) is 42.5 Å². The van der Waals surface area contributed by atoms with E-state index in [9.17, 15) is 14.4 Å². The van der Waals surface area contributed by atoms with Crippen molar-refractivity contribution in [3.05, 3.63) is 65.0 Å². The molecule has 3 amide bonds. The first-order chi connectivity index (χ1) is 13.9. The zero-order chi connectivity index (χ0) is 20.7. The summed E-state index contributed by atoms with van der Waals surface area (Å²) in [6.45, 7) is 1.73. The fourth-order valence-electron chi connectivity index (χ4n) is 3.16. The monoisotopic (exact) mass is 391 g/mol. The summed E-state index contributed by atoms with van der Waals surface area (Å²) in [7, 11) is 2.99. The minimum atomic E-state index is -0.471. The molecule has 1 aliphatic rings. The van der Waals surface area contributed by atoms with Gasteiger partial charge >= 0.3 is 0 Å². The van der Waals surface area contributed by atoms with E-state index >= 15 is 0 Å². The summed E-state index contributed by atoms with van der Waals surface area (Å²) in [5.74, 6) is -0.575. The highest BCUT2D eigenvalue weighted by atomic mass is 16.5. The second kappa shape index (κ2) is 6.86. The molecule has 146 valence electrons. The number of nitrogens with one attached hydrogen (secondary N) is 1. The van der Waals surface area contributed by atoms with E-state index in [1.54, 1.807) is 32.2 Å². The third-order valence-corrected chi connectivity index (χ3v) is 4.76. The van der Waals surface area contributed by atoms with Gasteiger partial charge in [0.25, 0.3) is 17.7 Å². The predicted molar refractivity (Wildman–Crippen MR) is 103 cm³/mol. The molecule has 4 rings (SSSR count). The van der Waals surface area contributed by atoms with Crippen LogP contribution in [0.1, 0.15) is 36.9 Å². The van der Waals surface area contributed by atoms with Crippen LogP contribution in [-0.4, -0.2) is 51.8 Å². The molecule has 0 saturated carbocycles. The van der Waals surface area contributed by atoms with E-state index in [-0.39, 0.29) is 17.2 Å². The average Bonchev–Trinajstić information content (AvgIpc) is 3.22. The quantitative estimate of drug-likeness (QED) is 0.683. The summed E-state index contributed by atoms with van der Waals surface area (Å²) in [6, 6.07) is 11.8. The first-order valence-electron chi connectivity index (χ1n) is 8.75. The lowest BCUT2D eigenvalue weighted by atomic mass is 10.1. The Balaban J connectivity index is 1.60. The summed E-state index contributed by atoms with van der Waals surface area (Å²) in [5, 5.41) is 10.7. The largest absolute Gasteiger partial charge is 0.497 e. The third kappa shape index (κ3) is 3.02. The molecule has 0 bridgehead atoms. The molecule has 2 aromatic carbocycles. The van der Waals surface area contributed by atoms with Crippen LogP contribution in [0.25, 0.3) is 5.69 Å². The molecule has 3 aromatic rings. The number of imide groups is 1. The van der Waals surface area contributed by atoms with Crippen molar-refractivity contribution in [2.45, 2.75) is 6.92 Å². The number of aromatic nitrogens is 3. The normalized spacial score (nSPS) is 12.9. The number of rotatable bonds is 4. The topological polar surface area (TPSA) is 106 Å². The van der Waals surface area contributed by atoms with Crippen LogP contribution < -0.4 is 10.1 Å². The zero-order valence-electron chi connectivity index (χ0n) is 16.0. The number of nitrogens with zero attached hydrogens (tertiary/aromatic N) is 4. The van der Waals surface area contributed by atoms with Gasteiger partial charge in [0.1, 0.15) is 5.75 Å².